The fourth-order valence-corrected chi connectivity index (χ4v) is 5.92. The summed E-state index contributed by atoms with van der Waals surface area (Å²) in [4.78, 5) is 29.2. The van der Waals surface area contributed by atoms with Crippen molar-refractivity contribution >= 4 is 11.8 Å². The van der Waals surface area contributed by atoms with Crippen molar-refractivity contribution in [1.82, 2.24) is 9.80 Å². The maximum atomic E-state index is 13.0. The first kappa shape index (κ1) is 25.5. The summed E-state index contributed by atoms with van der Waals surface area (Å²) in [6.45, 7) is 13.9. The fraction of sp³-hybridized carbons (Fsp3) is 0.926. The van der Waals surface area contributed by atoms with Gasteiger partial charge in [-0.15, -0.1) is 0 Å². The molecule has 32 heavy (non-hydrogen) atoms. The van der Waals surface area contributed by atoms with Crippen molar-refractivity contribution in [2.75, 3.05) is 39.4 Å². The van der Waals surface area contributed by atoms with Crippen LogP contribution in [0.4, 0.5) is 0 Å². The summed E-state index contributed by atoms with van der Waals surface area (Å²) in [6.07, 6.45) is 10.2. The third-order valence-electron chi connectivity index (χ3n) is 8.43. The van der Waals surface area contributed by atoms with Gasteiger partial charge in [0.15, 0.2) is 0 Å². The molecule has 0 aromatic rings. The molecule has 0 spiro atoms. The van der Waals surface area contributed by atoms with Crippen LogP contribution in [0.15, 0.2) is 0 Å². The zero-order chi connectivity index (χ0) is 23.1. The van der Waals surface area contributed by atoms with Gasteiger partial charge < -0.3 is 14.5 Å². The van der Waals surface area contributed by atoms with Gasteiger partial charge >= 0.3 is 0 Å². The number of nitrogens with zero attached hydrogens (tertiary/aromatic N) is 2. The van der Waals surface area contributed by atoms with Gasteiger partial charge in [0.05, 0.1) is 0 Å². The lowest BCUT2D eigenvalue weighted by atomic mass is 9.76. The van der Waals surface area contributed by atoms with Crippen LogP contribution in [0.3, 0.4) is 0 Å². The molecular formula is C27H48N2O3. The third kappa shape index (κ3) is 7.20. The number of hydrogen-bond acceptors (Lipinski definition) is 3. The molecule has 0 atom stereocenters. The quantitative estimate of drug-likeness (QED) is 0.492. The summed E-state index contributed by atoms with van der Waals surface area (Å²) in [5.74, 6) is 3.97. The Morgan fingerprint density at radius 3 is 1.91 bits per heavy atom. The maximum Gasteiger partial charge on any atom is 0.225 e. The van der Waals surface area contributed by atoms with Crippen LogP contribution in [0, 0.1) is 35.5 Å². The van der Waals surface area contributed by atoms with Crippen LogP contribution in [0.2, 0.25) is 0 Å². The molecule has 0 bridgehead atoms. The highest BCUT2D eigenvalue weighted by molar-refractivity contribution is 5.79. The van der Waals surface area contributed by atoms with E-state index in [-0.39, 0.29) is 17.7 Å². The lowest BCUT2D eigenvalue weighted by Crippen LogP contribution is -2.43. The summed E-state index contributed by atoms with van der Waals surface area (Å²) in [7, 11) is 0. The fourth-order valence-electron chi connectivity index (χ4n) is 5.92. The van der Waals surface area contributed by atoms with E-state index in [0.717, 1.165) is 96.2 Å². The molecule has 0 aromatic heterocycles. The molecule has 3 fully saturated rings. The number of amides is 2. The van der Waals surface area contributed by atoms with Crippen LogP contribution in [-0.4, -0.2) is 61.0 Å². The molecule has 5 heteroatoms. The van der Waals surface area contributed by atoms with Gasteiger partial charge in [-0.3, -0.25) is 9.59 Å². The molecule has 1 aliphatic carbocycles. The molecule has 0 N–H and O–H groups in total. The van der Waals surface area contributed by atoms with Crippen molar-refractivity contribution in [3.05, 3.63) is 0 Å². The molecule has 184 valence electrons. The molecule has 0 radical (unpaired) electrons. The number of likely N-dealkylation sites (tertiary alicyclic amines) is 2. The average molecular weight is 449 g/mol. The summed E-state index contributed by atoms with van der Waals surface area (Å²) in [5, 5.41) is 0. The second kappa shape index (κ2) is 12.4. The van der Waals surface area contributed by atoms with Gasteiger partial charge in [-0.25, -0.2) is 0 Å². The van der Waals surface area contributed by atoms with Crippen molar-refractivity contribution in [2.24, 2.45) is 35.5 Å². The number of hydrogen-bond donors (Lipinski definition) is 0. The molecule has 1 saturated carbocycles. The molecule has 3 aliphatic rings. The van der Waals surface area contributed by atoms with E-state index >= 15 is 0 Å². The minimum Gasteiger partial charge on any atom is -0.381 e. The molecule has 2 heterocycles. The van der Waals surface area contributed by atoms with E-state index < -0.39 is 0 Å². The lowest BCUT2D eigenvalue weighted by molar-refractivity contribution is -0.138. The number of rotatable bonds is 8. The molecule has 0 unspecified atom stereocenters. The molecule has 2 aliphatic heterocycles. The van der Waals surface area contributed by atoms with E-state index in [4.69, 9.17) is 4.74 Å². The standard InChI is InChI=1S/C27H48N2O3/c1-20(2)24-5-7-25(8-6-24)27(31)29-14-9-22(10-15-29)13-18-32-19-23-11-16-28(17-12-23)26(30)21(3)4/h20-25H,5-19H2,1-4H3. The first-order chi connectivity index (χ1) is 15.3. The second-order valence-electron chi connectivity index (χ2n) is 11.4. The van der Waals surface area contributed by atoms with Gasteiger partial charge in [-0.05, 0) is 81.5 Å². The van der Waals surface area contributed by atoms with Gasteiger partial charge in [-0.2, -0.15) is 0 Å². The highest BCUT2D eigenvalue weighted by Crippen LogP contribution is 2.35. The van der Waals surface area contributed by atoms with E-state index in [1.165, 1.54) is 12.8 Å². The molecule has 0 aromatic carbocycles. The maximum absolute atomic E-state index is 13.0. The minimum absolute atomic E-state index is 0.101. The zero-order valence-corrected chi connectivity index (χ0v) is 21.2. The lowest BCUT2D eigenvalue weighted by Gasteiger charge is -2.37. The van der Waals surface area contributed by atoms with Crippen LogP contribution >= 0.6 is 0 Å². The van der Waals surface area contributed by atoms with Gasteiger partial charge in [0, 0.05) is 51.2 Å². The monoisotopic (exact) mass is 448 g/mol. The summed E-state index contributed by atoms with van der Waals surface area (Å²) >= 11 is 0. The molecule has 2 amide bonds. The number of carbonyl (C=O) groups is 2. The van der Waals surface area contributed by atoms with Crippen LogP contribution in [0.1, 0.15) is 85.5 Å². The SMILES string of the molecule is CC(C)C(=O)N1CCC(COCCC2CCN(C(=O)C3CCC(C(C)C)CC3)CC2)CC1. The summed E-state index contributed by atoms with van der Waals surface area (Å²) in [5.41, 5.74) is 0. The van der Waals surface area contributed by atoms with Crippen molar-refractivity contribution in [2.45, 2.75) is 85.5 Å². The highest BCUT2D eigenvalue weighted by atomic mass is 16.5. The summed E-state index contributed by atoms with van der Waals surface area (Å²) < 4.78 is 6.03. The van der Waals surface area contributed by atoms with Crippen molar-refractivity contribution in [3.63, 3.8) is 0 Å². The minimum atomic E-state index is 0.101. The third-order valence-corrected chi connectivity index (χ3v) is 8.43. The predicted octanol–water partition coefficient (Wildman–Crippen LogP) is 4.99. The Balaban J connectivity index is 1.25. The predicted molar refractivity (Wildman–Crippen MR) is 129 cm³/mol. The van der Waals surface area contributed by atoms with E-state index in [1.807, 2.05) is 18.7 Å². The van der Waals surface area contributed by atoms with E-state index in [9.17, 15) is 9.59 Å². The van der Waals surface area contributed by atoms with E-state index in [1.54, 1.807) is 0 Å². The number of carbonyl (C=O) groups excluding carboxylic acids is 2. The van der Waals surface area contributed by atoms with E-state index in [0.29, 0.717) is 17.7 Å². The van der Waals surface area contributed by atoms with Gasteiger partial charge in [0.25, 0.3) is 0 Å². The van der Waals surface area contributed by atoms with Gasteiger partial charge in [0.1, 0.15) is 0 Å². The first-order valence-corrected chi connectivity index (χ1v) is 13.5. The van der Waals surface area contributed by atoms with Crippen molar-refractivity contribution < 1.29 is 14.3 Å². The molecule has 2 saturated heterocycles. The Morgan fingerprint density at radius 2 is 1.34 bits per heavy atom. The van der Waals surface area contributed by atoms with E-state index in [2.05, 4.69) is 18.7 Å². The van der Waals surface area contributed by atoms with Crippen LogP contribution in [-0.2, 0) is 14.3 Å². The highest BCUT2D eigenvalue weighted by Gasteiger charge is 2.32. The van der Waals surface area contributed by atoms with Crippen LogP contribution < -0.4 is 0 Å². The van der Waals surface area contributed by atoms with Crippen molar-refractivity contribution in [3.8, 4) is 0 Å². The summed E-state index contributed by atoms with van der Waals surface area (Å²) in [6, 6.07) is 0. The largest absolute Gasteiger partial charge is 0.381 e. The first-order valence-electron chi connectivity index (χ1n) is 13.5. The van der Waals surface area contributed by atoms with Gasteiger partial charge in [-0.1, -0.05) is 27.7 Å². The van der Waals surface area contributed by atoms with Crippen LogP contribution in [0.5, 0.6) is 0 Å². The van der Waals surface area contributed by atoms with Crippen LogP contribution in [0.25, 0.3) is 0 Å². The smallest absolute Gasteiger partial charge is 0.225 e. The topological polar surface area (TPSA) is 49.9 Å². The molecule has 5 nitrogen and oxygen atoms in total. The Kier molecular flexibility index (Phi) is 9.88. The van der Waals surface area contributed by atoms with Crippen molar-refractivity contribution in [1.29, 1.82) is 0 Å². The van der Waals surface area contributed by atoms with Gasteiger partial charge in [0.2, 0.25) is 11.8 Å². The number of piperidine rings is 2. The second-order valence-corrected chi connectivity index (χ2v) is 11.4. The Hall–Kier alpha value is -1.10. The molecular weight excluding hydrogens is 400 g/mol. The Labute approximate surface area is 196 Å². The number of ether oxygens (including phenoxy) is 1. The Bertz CT molecular complexity index is 582. The normalized spacial score (nSPS) is 26.2. The molecule has 3 rings (SSSR count). The zero-order valence-electron chi connectivity index (χ0n) is 21.2. The average Bonchev–Trinajstić information content (AvgIpc) is 2.81. The Morgan fingerprint density at radius 1 is 0.781 bits per heavy atom.